The van der Waals surface area contributed by atoms with Crippen LogP contribution in [0.2, 0.25) is 0 Å². The SMILES string of the molecule is CC(=O)N1CCN(C(=O)N(CCCC(=O)O)C(C)C)CC1. The van der Waals surface area contributed by atoms with Crippen LogP contribution < -0.4 is 0 Å². The third-order valence-electron chi connectivity index (χ3n) is 3.65. The van der Waals surface area contributed by atoms with E-state index in [-0.39, 0.29) is 24.4 Å². The Morgan fingerprint density at radius 1 is 1.10 bits per heavy atom. The molecule has 0 spiro atoms. The quantitative estimate of drug-likeness (QED) is 0.816. The Bertz CT molecular complexity index is 390. The molecular formula is C14H25N3O4. The van der Waals surface area contributed by atoms with Crippen LogP contribution >= 0.6 is 0 Å². The fourth-order valence-electron chi connectivity index (χ4n) is 2.37. The topological polar surface area (TPSA) is 81.2 Å². The smallest absolute Gasteiger partial charge is 0.320 e. The number of carbonyl (C=O) groups is 3. The molecule has 0 aromatic carbocycles. The van der Waals surface area contributed by atoms with Crippen LogP contribution in [0.25, 0.3) is 0 Å². The lowest BCUT2D eigenvalue weighted by Crippen LogP contribution is -2.55. The summed E-state index contributed by atoms with van der Waals surface area (Å²) in [6.07, 6.45) is 0.515. The number of hydrogen-bond donors (Lipinski definition) is 1. The number of amides is 3. The number of urea groups is 1. The first kappa shape index (κ1) is 17.3. The van der Waals surface area contributed by atoms with Crippen molar-refractivity contribution in [2.75, 3.05) is 32.7 Å². The lowest BCUT2D eigenvalue weighted by Gasteiger charge is -2.38. The fraction of sp³-hybridized carbons (Fsp3) is 0.786. The van der Waals surface area contributed by atoms with E-state index in [1.807, 2.05) is 13.8 Å². The molecule has 0 radical (unpaired) electrons. The summed E-state index contributed by atoms with van der Waals surface area (Å²) in [6.45, 7) is 7.99. The van der Waals surface area contributed by atoms with E-state index in [2.05, 4.69) is 0 Å². The zero-order valence-electron chi connectivity index (χ0n) is 13.0. The van der Waals surface area contributed by atoms with Gasteiger partial charge in [-0.25, -0.2) is 4.79 Å². The van der Waals surface area contributed by atoms with Gasteiger partial charge in [0.15, 0.2) is 0 Å². The zero-order valence-corrected chi connectivity index (χ0v) is 13.0. The Kier molecular flexibility index (Phi) is 6.45. The van der Waals surface area contributed by atoms with Gasteiger partial charge >= 0.3 is 12.0 Å². The zero-order chi connectivity index (χ0) is 16.0. The first-order chi connectivity index (χ1) is 9.82. The summed E-state index contributed by atoms with van der Waals surface area (Å²) in [7, 11) is 0. The van der Waals surface area contributed by atoms with E-state index < -0.39 is 5.97 Å². The van der Waals surface area contributed by atoms with Gasteiger partial charge in [-0.2, -0.15) is 0 Å². The molecule has 1 heterocycles. The highest BCUT2D eigenvalue weighted by Crippen LogP contribution is 2.10. The minimum absolute atomic E-state index is 0.0251. The van der Waals surface area contributed by atoms with Crippen molar-refractivity contribution >= 4 is 17.9 Å². The van der Waals surface area contributed by atoms with Gasteiger partial charge in [0.25, 0.3) is 0 Å². The van der Waals surface area contributed by atoms with Gasteiger partial charge in [-0.15, -0.1) is 0 Å². The molecule has 1 saturated heterocycles. The third-order valence-corrected chi connectivity index (χ3v) is 3.65. The summed E-state index contributed by atoms with van der Waals surface area (Å²) in [5.74, 6) is -0.814. The third kappa shape index (κ3) is 5.24. The van der Waals surface area contributed by atoms with E-state index in [4.69, 9.17) is 5.11 Å². The Balaban J connectivity index is 2.53. The molecule has 1 fully saturated rings. The molecule has 0 aromatic rings. The van der Waals surface area contributed by atoms with Crippen molar-refractivity contribution in [2.24, 2.45) is 0 Å². The van der Waals surface area contributed by atoms with Crippen molar-refractivity contribution < 1.29 is 19.5 Å². The highest BCUT2D eigenvalue weighted by atomic mass is 16.4. The second kappa shape index (κ2) is 7.85. The maximum absolute atomic E-state index is 12.5. The Hall–Kier alpha value is -1.79. The van der Waals surface area contributed by atoms with E-state index in [0.717, 1.165) is 0 Å². The summed E-state index contributed by atoms with van der Waals surface area (Å²) in [5.41, 5.74) is 0. The van der Waals surface area contributed by atoms with Crippen molar-refractivity contribution in [1.29, 1.82) is 0 Å². The molecule has 0 aromatic heterocycles. The van der Waals surface area contributed by atoms with Crippen molar-refractivity contribution in [3.05, 3.63) is 0 Å². The monoisotopic (exact) mass is 299 g/mol. The molecular weight excluding hydrogens is 274 g/mol. The molecule has 0 aliphatic carbocycles. The Morgan fingerprint density at radius 3 is 2.05 bits per heavy atom. The van der Waals surface area contributed by atoms with Gasteiger partial charge in [0.1, 0.15) is 0 Å². The van der Waals surface area contributed by atoms with Gasteiger partial charge in [0.05, 0.1) is 0 Å². The van der Waals surface area contributed by atoms with Gasteiger partial charge in [0, 0.05) is 52.1 Å². The van der Waals surface area contributed by atoms with Crippen LogP contribution in [0.1, 0.15) is 33.6 Å². The highest BCUT2D eigenvalue weighted by molar-refractivity contribution is 5.76. The first-order valence-corrected chi connectivity index (χ1v) is 7.35. The summed E-state index contributed by atoms with van der Waals surface area (Å²) in [5, 5.41) is 8.68. The normalized spacial score (nSPS) is 15.2. The largest absolute Gasteiger partial charge is 0.481 e. The molecule has 0 saturated carbocycles. The molecule has 1 rings (SSSR count). The van der Waals surface area contributed by atoms with E-state index >= 15 is 0 Å². The van der Waals surface area contributed by atoms with Crippen molar-refractivity contribution in [1.82, 2.24) is 14.7 Å². The van der Waals surface area contributed by atoms with E-state index in [9.17, 15) is 14.4 Å². The molecule has 1 N–H and O–H groups in total. The molecule has 3 amide bonds. The summed E-state index contributed by atoms with van der Waals surface area (Å²) in [4.78, 5) is 39.5. The maximum atomic E-state index is 12.5. The van der Waals surface area contributed by atoms with E-state index in [1.165, 1.54) is 6.92 Å². The van der Waals surface area contributed by atoms with Crippen LogP contribution in [-0.4, -0.2) is 76.5 Å². The van der Waals surface area contributed by atoms with Crippen LogP contribution in [0.3, 0.4) is 0 Å². The Labute approximate surface area is 125 Å². The molecule has 0 atom stereocenters. The number of nitrogens with zero attached hydrogens (tertiary/aromatic N) is 3. The van der Waals surface area contributed by atoms with Crippen LogP contribution in [0.5, 0.6) is 0 Å². The second-order valence-corrected chi connectivity index (χ2v) is 5.56. The van der Waals surface area contributed by atoms with Gasteiger partial charge in [-0.05, 0) is 20.3 Å². The number of hydrogen-bond acceptors (Lipinski definition) is 3. The van der Waals surface area contributed by atoms with Crippen molar-refractivity contribution in [2.45, 2.75) is 39.7 Å². The number of rotatable bonds is 5. The minimum Gasteiger partial charge on any atom is -0.481 e. The number of carbonyl (C=O) groups excluding carboxylic acids is 2. The second-order valence-electron chi connectivity index (χ2n) is 5.56. The van der Waals surface area contributed by atoms with Crippen molar-refractivity contribution in [3.8, 4) is 0 Å². The summed E-state index contributed by atoms with van der Waals surface area (Å²) >= 11 is 0. The highest BCUT2D eigenvalue weighted by Gasteiger charge is 2.27. The molecule has 1 aliphatic heterocycles. The van der Waals surface area contributed by atoms with Crippen LogP contribution in [0, 0.1) is 0 Å². The molecule has 21 heavy (non-hydrogen) atoms. The molecule has 1 aliphatic rings. The number of carboxylic acids is 1. The predicted molar refractivity (Wildman–Crippen MR) is 77.9 cm³/mol. The van der Waals surface area contributed by atoms with Gasteiger partial charge in [0.2, 0.25) is 5.91 Å². The molecule has 0 unspecified atom stereocenters. The van der Waals surface area contributed by atoms with Crippen LogP contribution in [0.15, 0.2) is 0 Å². The number of aliphatic carboxylic acids is 1. The van der Waals surface area contributed by atoms with Crippen molar-refractivity contribution in [3.63, 3.8) is 0 Å². The molecule has 120 valence electrons. The first-order valence-electron chi connectivity index (χ1n) is 7.35. The number of piperazine rings is 1. The maximum Gasteiger partial charge on any atom is 0.320 e. The minimum atomic E-state index is -0.846. The van der Waals surface area contributed by atoms with Gasteiger partial charge in [-0.1, -0.05) is 0 Å². The van der Waals surface area contributed by atoms with E-state index in [1.54, 1.807) is 14.7 Å². The van der Waals surface area contributed by atoms with E-state index in [0.29, 0.717) is 39.1 Å². The Morgan fingerprint density at radius 2 is 1.62 bits per heavy atom. The molecule has 7 heteroatoms. The molecule has 7 nitrogen and oxygen atoms in total. The molecule has 0 bridgehead atoms. The van der Waals surface area contributed by atoms with Crippen LogP contribution in [0.4, 0.5) is 4.79 Å². The van der Waals surface area contributed by atoms with Gasteiger partial charge in [-0.3, -0.25) is 9.59 Å². The average molecular weight is 299 g/mol. The lowest BCUT2D eigenvalue weighted by molar-refractivity contribution is -0.137. The average Bonchev–Trinajstić information content (AvgIpc) is 2.42. The number of carboxylic acid groups (broad SMARTS) is 1. The van der Waals surface area contributed by atoms with Gasteiger partial charge < -0.3 is 19.8 Å². The lowest BCUT2D eigenvalue weighted by atomic mass is 10.2. The standard InChI is InChI=1S/C14H25N3O4/c1-11(2)17(6-4-5-13(19)20)14(21)16-9-7-15(8-10-16)12(3)18/h11H,4-10H2,1-3H3,(H,19,20). The summed E-state index contributed by atoms with van der Waals surface area (Å²) in [6, 6.07) is -0.0456. The van der Waals surface area contributed by atoms with Crippen LogP contribution in [-0.2, 0) is 9.59 Å². The fourth-order valence-corrected chi connectivity index (χ4v) is 2.37. The summed E-state index contributed by atoms with van der Waals surface area (Å²) < 4.78 is 0. The predicted octanol–water partition coefficient (Wildman–Crippen LogP) is 0.846.